The molecule has 0 bridgehead atoms. The predicted octanol–water partition coefficient (Wildman–Crippen LogP) is 5.36. The Hall–Kier alpha value is -3.48. The molecular weight excluding hydrogens is 358 g/mol. The summed E-state index contributed by atoms with van der Waals surface area (Å²) in [7, 11) is 0. The molecule has 2 aromatic carbocycles. The molecule has 1 N–H and O–H groups in total. The number of aryl methyl sites for hydroxylation is 2. The first kappa shape index (κ1) is 19.3. The summed E-state index contributed by atoms with van der Waals surface area (Å²) in [4.78, 5) is 18.9. The number of hydrogen-bond acceptors (Lipinski definition) is 6. The molecule has 0 aliphatic carbocycles. The second-order valence-corrected chi connectivity index (χ2v) is 6.50. The van der Waals surface area contributed by atoms with Crippen molar-refractivity contribution in [3.8, 4) is 17.4 Å². The number of hydrogen-bond donors (Lipinski definition) is 1. The highest BCUT2D eigenvalue weighted by Crippen LogP contribution is 2.28. The highest BCUT2D eigenvalue weighted by atomic mass is 16.6. The van der Waals surface area contributed by atoms with E-state index in [2.05, 4.69) is 16.9 Å². The van der Waals surface area contributed by atoms with Crippen molar-refractivity contribution in [2.45, 2.75) is 33.1 Å². The van der Waals surface area contributed by atoms with Crippen molar-refractivity contribution in [3.63, 3.8) is 0 Å². The molecule has 7 nitrogen and oxygen atoms in total. The van der Waals surface area contributed by atoms with Gasteiger partial charge in [-0.3, -0.25) is 15.1 Å². The maximum absolute atomic E-state index is 10.9. The van der Waals surface area contributed by atoms with Crippen LogP contribution in [0.4, 0.5) is 11.4 Å². The fraction of sp³-hybridized carbons (Fsp3) is 0.238. The normalized spacial score (nSPS) is 11.2. The summed E-state index contributed by atoms with van der Waals surface area (Å²) in [5.41, 5.74) is 3.30. The molecule has 0 saturated heterocycles. The van der Waals surface area contributed by atoms with Crippen LogP contribution in [0.3, 0.4) is 0 Å². The molecule has 144 valence electrons. The number of unbranched alkanes of at least 4 members (excludes halogenated alkanes) is 1. The van der Waals surface area contributed by atoms with Crippen LogP contribution >= 0.6 is 0 Å². The number of nitro groups is 1. The van der Waals surface area contributed by atoms with Crippen molar-refractivity contribution in [2.24, 2.45) is 4.99 Å². The van der Waals surface area contributed by atoms with Gasteiger partial charge in [-0.2, -0.15) is 0 Å². The van der Waals surface area contributed by atoms with Crippen LogP contribution in [0, 0.1) is 17.0 Å². The first-order valence-electron chi connectivity index (χ1n) is 9.06. The molecule has 3 rings (SSSR count). The van der Waals surface area contributed by atoms with E-state index in [1.54, 1.807) is 13.0 Å². The summed E-state index contributed by atoms with van der Waals surface area (Å²) in [6, 6.07) is 12.3. The van der Waals surface area contributed by atoms with Gasteiger partial charge in [0.15, 0.2) is 5.69 Å². The van der Waals surface area contributed by atoms with Gasteiger partial charge in [0.05, 0.1) is 16.8 Å². The predicted molar refractivity (Wildman–Crippen MR) is 107 cm³/mol. The molecule has 1 aromatic heterocycles. The molecule has 0 saturated carbocycles. The third kappa shape index (κ3) is 4.43. The summed E-state index contributed by atoms with van der Waals surface area (Å²) in [6.07, 6.45) is 4.64. The zero-order valence-corrected chi connectivity index (χ0v) is 15.8. The largest absolute Gasteiger partial charge is 0.479 e. The average Bonchev–Trinajstić information content (AvgIpc) is 3.06. The molecule has 0 fully saturated rings. The van der Waals surface area contributed by atoms with Gasteiger partial charge in [0.1, 0.15) is 0 Å². The minimum absolute atomic E-state index is 0.0500. The first-order chi connectivity index (χ1) is 13.5. The zero-order valence-electron chi connectivity index (χ0n) is 15.8. The van der Waals surface area contributed by atoms with Crippen molar-refractivity contribution in [3.05, 3.63) is 69.4 Å². The summed E-state index contributed by atoms with van der Waals surface area (Å²) in [5, 5.41) is 20.9. The van der Waals surface area contributed by atoms with E-state index in [4.69, 9.17) is 4.42 Å². The summed E-state index contributed by atoms with van der Waals surface area (Å²) >= 11 is 0. The summed E-state index contributed by atoms with van der Waals surface area (Å²) in [6.45, 7) is 3.95. The number of oxazole rings is 1. The SMILES string of the molecule is CCCCc1ccc(-c2nc(C=Nc3cc([N+](=O)[O-])ccc3C)c(O)o2)cc1. The van der Waals surface area contributed by atoms with E-state index < -0.39 is 4.92 Å². The van der Waals surface area contributed by atoms with E-state index in [9.17, 15) is 15.2 Å². The second-order valence-electron chi connectivity index (χ2n) is 6.50. The standard InChI is InChI=1S/C21H21N3O4/c1-3-4-5-15-7-9-16(10-8-15)20-23-19(21(25)28-20)13-22-18-12-17(24(26)27)11-6-14(18)2/h6-13,25H,3-5H2,1-2H3. The number of non-ortho nitro benzene ring substituents is 1. The molecule has 0 unspecified atom stereocenters. The molecule has 0 aliphatic rings. The number of aromatic hydroxyl groups is 1. The molecule has 28 heavy (non-hydrogen) atoms. The second kappa shape index (κ2) is 8.47. The quantitative estimate of drug-likeness (QED) is 0.338. The van der Waals surface area contributed by atoms with E-state index in [-0.39, 0.29) is 23.2 Å². The van der Waals surface area contributed by atoms with Crippen LogP contribution in [0.15, 0.2) is 51.9 Å². The number of rotatable bonds is 7. The monoisotopic (exact) mass is 379 g/mol. The maximum Gasteiger partial charge on any atom is 0.312 e. The van der Waals surface area contributed by atoms with Crippen molar-refractivity contribution in [1.29, 1.82) is 0 Å². The van der Waals surface area contributed by atoms with Crippen LogP contribution in [0.25, 0.3) is 11.5 Å². The lowest BCUT2D eigenvalue weighted by Gasteiger charge is -2.00. The van der Waals surface area contributed by atoms with Gasteiger partial charge in [-0.1, -0.05) is 31.5 Å². The van der Waals surface area contributed by atoms with Crippen LogP contribution < -0.4 is 0 Å². The van der Waals surface area contributed by atoms with Gasteiger partial charge in [-0.25, -0.2) is 4.98 Å². The molecule has 0 spiro atoms. The van der Waals surface area contributed by atoms with Crippen LogP contribution in [-0.4, -0.2) is 21.2 Å². The van der Waals surface area contributed by atoms with Crippen LogP contribution in [0.2, 0.25) is 0 Å². The Morgan fingerprint density at radius 3 is 2.68 bits per heavy atom. The Morgan fingerprint density at radius 2 is 2.00 bits per heavy atom. The van der Waals surface area contributed by atoms with E-state index in [0.717, 1.165) is 30.4 Å². The first-order valence-corrected chi connectivity index (χ1v) is 9.06. The number of aliphatic imine (C=N–C) groups is 1. The summed E-state index contributed by atoms with van der Waals surface area (Å²) in [5.74, 6) is -0.0614. The maximum atomic E-state index is 10.9. The van der Waals surface area contributed by atoms with Gasteiger partial charge in [0.2, 0.25) is 5.89 Å². The van der Waals surface area contributed by atoms with Crippen molar-refractivity contribution < 1.29 is 14.4 Å². The average molecular weight is 379 g/mol. The number of benzene rings is 2. The number of nitro benzene ring substituents is 1. The van der Waals surface area contributed by atoms with Gasteiger partial charge in [-0.15, -0.1) is 0 Å². The van der Waals surface area contributed by atoms with Gasteiger partial charge < -0.3 is 9.52 Å². The van der Waals surface area contributed by atoms with Crippen LogP contribution in [0.5, 0.6) is 5.95 Å². The Bertz CT molecular complexity index is 1010. The van der Waals surface area contributed by atoms with E-state index in [0.29, 0.717) is 5.69 Å². The van der Waals surface area contributed by atoms with E-state index >= 15 is 0 Å². The zero-order chi connectivity index (χ0) is 20.1. The fourth-order valence-corrected chi connectivity index (χ4v) is 2.71. The van der Waals surface area contributed by atoms with Gasteiger partial charge >= 0.3 is 5.95 Å². The molecule has 3 aromatic rings. The molecule has 7 heteroatoms. The highest BCUT2D eigenvalue weighted by Gasteiger charge is 2.13. The molecule has 1 heterocycles. The highest BCUT2D eigenvalue weighted by molar-refractivity contribution is 5.83. The van der Waals surface area contributed by atoms with Gasteiger partial charge in [-0.05, 0) is 43.0 Å². The number of nitrogens with zero attached hydrogens (tertiary/aromatic N) is 3. The van der Waals surface area contributed by atoms with Crippen molar-refractivity contribution in [1.82, 2.24) is 4.98 Å². The minimum Gasteiger partial charge on any atom is -0.479 e. The third-order valence-electron chi connectivity index (χ3n) is 4.38. The Balaban J connectivity index is 1.82. The Morgan fingerprint density at radius 1 is 1.25 bits per heavy atom. The number of aromatic nitrogens is 1. The molecule has 0 radical (unpaired) electrons. The molecule has 0 atom stereocenters. The molecular formula is C21H21N3O4. The smallest absolute Gasteiger partial charge is 0.312 e. The van der Waals surface area contributed by atoms with Crippen molar-refractivity contribution >= 4 is 17.6 Å². The third-order valence-corrected chi connectivity index (χ3v) is 4.38. The van der Waals surface area contributed by atoms with Crippen molar-refractivity contribution in [2.75, 3.05) is 0 Å². The van der Waals surface area contributed by atoms with Crippen LogP contribution in [-0.2, 0) is 6.42 Å². The van der Waals surface area contributed by atoms with E-state index in [1.165, 1.54) is 23.9 Å². The molecule has 0 amide bonds. The Labute approximate surface area is 162 Å². The van der Waals surface area contributed by atoms with Gasteiger partial charge in [0, 0.05) is 17.7 Å². The van der Waals surface area contributed by atoms with Gasteiger partial charge in [0.25, 0.3) is 5.69 Å². The lowest BCUT2D eigenvalue weighted by Crippen LogP contribution is -1.88. The lowest BCUT2D eigenvalue weighted by molar-refractivity contribution is -0.384. The van der Waals surface area contributed by atoms with E-state index in [1.807, 2.05) is 24.3 Å². The Kier molecular flexibility index (Phi) is 5.84. The fourth-order valence-electron chi connectivity index (χ4n) is 2.71. The van der Waals surface area contributed by atoms with Crippen LogP contribution in [0.1, 0.15) is 36.6 Å². The minimum atomic E-state index is -0.478. The summed E-state index contributed by atoms with van der Waals surface area (Å²) < 4.78 is 5.35. The lowest BCUT2D eigenvalue weighted by atomic mass is 10.1. The topological polar surface area (TPSA) is 102 Å². The molecule has 0 aliphatic heterocycles.